The number of nitrogens with zero attached hydrogens (tertiary/aromatic N) is 16. The summed E-state index contributed by atoms with van der Waals surface area (Å²) < 4.78 is 83.1. The number of halogens is 5. The molecular weight excluding hydrogens is 1920 g/mol. The minimum Gasteiger partial charge on any atom is -0.497 e. The molecule has 0 saturated carbocycles. The number of rotatable bonds is 22. The molecule has 0 fully saturated rings. The van der Waals surface area contributed by atoms with Crippen molar-refractivity contribution >= 4 is 275 Å². The molecule has 0 atom stereocenters. The molecule has 126 heavy (non-hydrogen) atoms. The van der Waals surface area contributed by atoms with Gasteiger partial charge < -0.3 is 19.3 Å². The first-order valence-electron chi connectivity index (χ1n) is 35.7. The van der Waals surface area contributed by atoms with Crippen LogP contribution < -0.4 is 35.5 Å². The summed E-state index contributed by atoms with van der Waals surface area (Å²) in [6.07, 6.45) is 6.31. The zero-order chi connectivity index (χ0) is 87.7. The van der Waals surface area contributed by atoms with Crippen LogP contribution in [0.1, 0.15) is 35.5 Å². The third-order valence-electron chi connectivity index (χ3n) is 16.3. The van der Waals surface area contributed by atoms with Gasteiger partial charge in [0.2, 0.25) is 41.4 Å². The summed E-state index contributed by atoms with van der Waals surface area (Å²) in [6.45, 7) is 0. The van der Waals surface area contributed by atoms with Crippen molar-refractivity contribution in [1.29, 1.82) is 0 Å². The van der Waals surface area contributed by atoms with Gasteiger partial charge in [-0.3, -0.25) is 60.0 Å². The summed E-state index contributed by atoms with van der Waals surface area (Å²) in [5, 5.41) is 66.8. The fourth-order valence-electron chi connectivity index (χ4n) is 10.9. The molecule has 19 rings (SSSR count). The highest BCUT2D eigenvalue weighted by molar-refractivity contribution is 8.02. The molecule has 0 aliphatic carbocycles. The highest BCUT2D eigenvalue weighted by Gasteiger charge is 2.34. The zero-order valence-corrected chi connectivity index (χ0v) is 76.2. The fourth-order valence-corrected chi connectivity index (χ4v) is 22.4. The topological polar surface area (TPSA) is 383 Å². The van der Waals surface area contributed by atoms with Gasteiger partial charge in [0, 0.05) is 110 Å². The van der Waals surface area contributed by atoms with E-state index in [1.165, 1.54) is 140 Å². The van der Waals surface area contributed by atoms with Crippen LogP contribution in [0.3, 0.4) is 0 Å². The highest BCUT2D eigenvalue weighted by Crippen LogP contribution is 2.44. The van der Waals surface area contributed by atoms with Gasteiger partial charge in [-0.05, 0) is 120 Å². The predicted octanol–water partition coefficient (Wildman–Crippen LogP) is 22.5. The quantitative estimate of drug-likeness (QED) is 0.0393. The van der Waals surface area contributed by atoms with E-state index in [1.807, 2.05) is 127 Å². The lowest BCUT2D eigenvalue weighted by Crippen LogP contribution is -2.10. The van der Waals surface area contributed by atoms with E-state index in [9.17, 15) is 36.0 Å². The van der Waals surface area contributed by atoms with Crippen LogP contribution in [0, 0.1) is 0 Å². The van der Waals surface area contributed by atoms with Gasteiger partial charge in [0.15, 0.2) is 21.7 Å². The Hall–Kier alpha value is -11.5. The number of methoxy groups -OCH3 is 2. The van der Waals surface area contributed by atoms with Crippen molar-refractivity contribution in [2.45, 2.75) is 52.4 Å². The Kier molecular flexibility index (Phi) is 29.6. The molecule has 0 saturated heterocycles. The number of carbonyl (C=O) groups is 3. The zero-order valence-electron chi connectivity index (χ0n) is 64.1. The van der Waals surface area contributed by atoms with Gasteiger partial charge in [-0.25, -0.2) is 8.42 Å². The van der Waals surface area contributed by atoms with Gasteiger partial charge in [0.1, 0.15) is 11.5 Å². The molecule has 3 amide bonds. The van der Waals surface area contributed by atoms with Crippen molar-refractivity contribution in [3.63, 3.8) is 0 Å². The Morgan fingerprint density at radius 2 is 0.849 bits per heavy atom. The Balaban J connectivity index is 0.000000122. The van der Waals surface area contributed by atoms with Crippen LogP contribution in [0.25, 0.3) is 54.5 Å². The molecule has 29 nitrogen and oxygen atoms in total. The monoisotopic (exact) mass is 1970 g/mol. The summed E-state index contributed by atoms with van der Waals surface area (Å²) in [4.78, 5) is 63.1. The molecule has 13 aromatic heterocycles. The normalized spacial score (nSPS) is 11.2. The molecule has 0 spiro atoms. The summed E-state index contributed by atoms with van der Waals surface area (Å²) in [6, 6.07) is 54.3. The lowest BCUT2D eigenvalue weighted by molar-refractivity contribution is -0.136. The van der Waals surface area contributed by atoms with E-state index in [-0.39, 0.29) is 28.2 Å². The van der Waals surface area contributed by atoms with Crippen molar-refractivity contribution in [3.8, 4) is 11.5 Å². The minimum absolute atomic E-state index is 0.115. The number of alkyl halides is 3. The van der Waals surface area contributed by atoms with Crippen LogP contribution in [0.15, 0.2) is 281 Å². The van der Waals surface area contributed by atoms with Crippen LogP contribution in [-0.4, -0.2) is 128 Å². The average Bonchev–Trinajstić information content (AvgIpc) is 1.08. The van der Waals surface area contributed by atoms with Gasteiger partial charge in [0.25, 0.3) is 17.7 Å². The van der Waals surface area contributed by atoms with Crippen molar-refractivity contribution in [2.24, 2.45) is 0 Å². The maximum absolute atomic E-state index is 13.2. The SMILES string of the molecule is COc1ccc2nccc(Sc3nnc(NC(=O)c4cccs4)s3)c2c1.COc1cccc(Nc2nnc(Sc3ccnc4cc(Cl)ccc34)s2)c1.CS(=O)(=O)Nc1nnc(Sc2ccnc3cc(Cl)ccc23)s1.O=C(Nc1nnc(Sc2ccnc3c(C(F)(F)F)cccc23)s1)c1cccs1.O=C(Nc1nnc(Sc2ccnc3ccccc23)s1)c1ccno1. The summed E-state index contributed by atoms with van der Waals surface area (Å²) in [7, 11) is -0.0717. The summed E-state index contributed by atoms with van der Waals surface area (Å²) in [5.74, 6) is 0.817. The largest absolute Gasteiger partial charge is 0.497 e. The summed E-state index contributed by atoms with van der Waals surface area (Å²) >= 11 is 28.2. The van der Waals surface area contributed by atoms with Gasteiger partial charge in [-0.2, -0.15) is 13.2 Å². The first-order valence-corrected chi connectivity index (χ1v) is 48.3. The third-order valence-corrected chi connectivity index (χ3v) is 29.0. The van der Waals surface area contributed by atoms with Crippen LogP contribution in [0.2, 0.25) is 10.0 Å². The van der Waals surface area contributed by atoms with Gasteiger partial charge in [-0.15, -0.1) is 73.7 Å². The number of ether oxygens (including phenoxy) is 2. The number of carbonyl (C=O) groups excluding carboxylic acids is 3. The smallest absolute Gasteiger partial charge is 0.418 e. The Labute approximate surface area is 770 Å². The number of anilines is 6. The molecule has 0 aliphatic heterocycles. The van der Waals surface area contributed by atoms with Crippen LogP contribution in [0.5, 0.6) is 11.5 Å². The second-order valence-electron chi connectivity index (χ2n) is 24.8. The molecule has 5 N–H and O–H groups in total. The number of pyridine rings is 5. The molecule has 0 radical (unpaired) electrons. The second-order valence-corrected chi connectivity index (χ2v) is 40.6. The van der Waals surface area contributed by atoms with Gasteiger partial charge in [0.05, 0.1) is 69.6 Å². The summed E-state index contributed by atoms with van der Waals surface area (Å²) in [5.41, 5.74) is 3.46. The molecule has 0 unspecified atom stereocenters. The number of sulfonamides is 1. The van der Waals surface area contributed by atoms with Gasteiger partial charge >= 0.3 is 6.18 Å². The van der Waals surface area contributed by atoms with Crippen molar-refractivity contribution in [2.75, 3.05) is 46.5 Å². The maximum Gasteiger partial charge on any atom is 0.418 e. The number of fused-ring (bicyclic) bond motifs is 5. The molecule has 0 aliphatic rings. The lowest BCUT2D eigenvalue weighted by Gasteiger charge is -2.11. The Morgan fingerprint density at radius 3 is 1.35 bits per heavy atom. The van der Waals surface area contributed by atoms with Gasteiger partial charge in [-0.1, -0.05) is 205 Å². The molecule has 634 valence electrons. The standard InChI is InChI=1S/C18H13ClN4OS2.C17H9F3N4OS3.C17H12N4O2S3.C15H9N5O2S2.C12H9ClN4O2S3/c1-24-13-4-2-3-12(10-13)21-17-22-23-18(26-17)25-16-7-8-20-15-9-11(19)5-6-14(15)16;18-17(19,20)10-4-1-3-9-11(6-7-21-13(9)10)27-16-24-23-15(28-16)22-14(25)12-5-2-8-26-12;1-23-10-4-5-12-11(9-10)13(6-7-18-12)25-17-21-20-16(26-17)19-15(22)14-3-2-8-24-14;21-13(11-5-8-17-22-11)18-14-19-20-15(24-14)23-12-6-7-16-10-4-2-1-3-9(10)12;1-22(18,19)17-11-15-16-12(21-11)20-10-4-5-14-9-6-7(13)2-3-8(9)10/h2-10H,1H3,(H,21,22);1-8H,(H,22,23,25);2-9H,1H3,(H,19,20,22);1-8H,(H,18,19,21);2-6H,1H3,(H,15,17). The average molecular weight is 1970 g/mol. The molecule has 0 bridgehead atoms. The first-order chi connectivity index (χ1) is 61.0. The number of aromatic nitrogens is 16. The van der Waals surface area contributed by atoms with Crippen LogP contribution >= 0.6 is 161 Å². The number of hydrogen-bond acceptors (Lipinski definition) is 37. The lowest BCUT2D eigenvalue weighted by atomic mass is 10.1. The minimum atomic E-state index is -4.49. The molecule has 13 heterocycles. The maximum atomic E-state index is 13.2. The van der Waals surface area contributed by atoms with E-state index in [0.29, 0.717) is 54.2 Å². The van der Waals surface area contributed by atoms with Crippen LogP contribution in [0.4, 0.5) is 44.5 Å². The highest BCUT2D eigenvalue weighted by atomic mass is 35.5. The molecule has 6 aromatic carbocycles. The number of amides is 3. The number of para-hydroxylation sites is 2. The first kappa shape index (κ1) is 89.3. The molecule has 47 heteroatoms. The van der Waals surface area contributed by atoms with Crippen LogP contribution in [-0.2, 0) is 16.2 Å². The third kappa shape index (κ3) is 24.0. The second kappa shape index (κ2) is 41.7. The van der Waals surface area contributed by atoms with E-state index in [4.69, 9.17) is 37.2 Å². The number of nitrogens with one attached hydrogen (secondary N) is 5. The molecular formula is C79H52Cl2F3N21O8S13. The van der Waals surface area contributed by atoms with E-state index in [0.717, 1.165) is 122 Å². The number of benzene rings is 6. The van der Waals surface area contributed by atoms with E-state index in [2.05, 4.69) is 107 Å². The Morgan fingerprint density at radius 1 is 0.413 bits per heavy atom. The van der Waals surface area contributed by atoms with Crippen molar-refractivity contribution in [1.82, 2.24) is 81.1 Å². The Bertz CT molecular complexity index is 7180. The number of thiophene rings is 2. The van der Waals surface area contributed by atoms with E-state index < -0.39 is 27.7 Å². The van der Waals surface area contributed by atoms with Crippen molar-refractivity contribution < 1.29 is 50.0 Å². The molecule has 19 aromatic rings. The predicted molar refractivity (Wildman–Crippen MR) is 494 cm³/mol. The fraction of sp³-hybridized carbons (Fsp3) is 0.0506. The van der Waals surface area contributed by atoms with E-state index >= 15 is 0 Å². The van der Waals surface area contributed by atoms with E-state index in [1.54, 1.807) is 98.6 Å². The van der Waals surface area contributed by atoms with Crippen molar-refractivity contribution in [3.05, 3.63) is 261 Å². The number of hydrogen-bond donors (Lipinski definition) is 5.